The van der Waals surface area contributed by atoms with Gasteiger partial charge in [0.05, 0.1) is 16.4 Å². The van der Waals surface area contributed by atoms with Gasteiger partial charge in [-0.25, -0.2) is 8.42 Å². The predicted molar refractivity (Wildman–Crippen MR) is 117 cm³/mol. The normalized spacial score (nSPS) is 13.9. The SMILES string of the molecule is CC(C(=O)Nc1cccc(CS(=O)(=O)C(C)(C)C)c1)C(N)c1ccccc1.Cl. The van der Waals surface area contributed by atoms with E-state index >= 15 is 0 Å². The number of rotatable bonds is 6. The minimum Gasteiger partial charge on any atom is -0.326 e. The summed E-state index contributed by atoms with van der Waals surface area (Å²) < 4.78 is 24.0. The lowest BCUT2D eigenvalue weighted by Gasteiger charge is -2.21. The summed E-state index contributed by atoms with van der Waals surface area (Å²) in [4.78, 5) is 12.6. The quantitative estimate of drug-likeness (QED) is 0.730. The van der Waals surface area contributed by atoms with Gasteiger partial charge < -0.3 is 11.1 Å². The maximum Gasteiger partial charge on any atom is 0.229 e. The molecule has 7 heteroatoms. The van der Waals surface area contributed by atoms with E-state index in [1.54, 1.807) is 52.0 Å². The molecule has 2 aromatic carbocycles. The molecule has 1 amide bonds. The highest BCUT2D eigenvalue weighted by Gasteiger charge is 2.29. The number of nitrogens with one attached hydrogen (secondary N) is 1. The van der Waals surface area contributed by atoms with Crippen LogP contribution in [0.25, 0.3) is 0 Å². The summed E-state index contributed by atoms with van der Waals surface area (Å²) in [7, 11) is -3.29. The van der Waals surface area contributed by atoms with E-state index in [1.165, 1.54) is 0 Å². The van der Waals surface area contributed by atoms with Crippen molar-refractivity contribution in [3.05, 3.63) is 65.7 Å². The van der Waals surface area contributed by atoms with Crippen LogP contribution in [0.5, 0.6) is 0 Å². The Kier molecular flexibility index (Phi) is 8.23. The Labute approximate surface area is 174 Å². The second-order valence-corrected chi connectivity index (χ2v) is 10.5. The van der Waals surface area contributed by atoms with Crippen molar-refractivity contribution in [2.75, 3.05) is 5.32 Å². The van der Waals surface area contributed by atoms with E-state index in [4.69, 9.17) is 5.73 Å². The van der Waals surface area contributed by atoms with Crippen molar-refractivity contribution in [3.63, 3.8) is 0 Å². The molecule has 2 atom stereocenters. The van der Waals surface area contributed by atoms with Crippen LogP contribution in [0.3, 0.4) is 0 Å². The fourth-order valence-corrected chi connectivity index (χ4v) is 3.61. The lowest BCUT2D eigenvalue weighted by atomic mass is 9.94. The molecule has 0 saturated heterocycles. The van der Waals surface area contributed by atoms with Crippen LogP contribution >= 0.6 is 12.4 Å². The summed E-state index contributed by atoms with van der Waals surface area (Å²) in [5, 5.41) is 2.84. The Balaban J connectivity index is 0.00000392. The first-order chi connectivity index (χ1) is 12.5. The topological polar surface area (TPSA) is 89.3 Å². The van der Waals surface area contributed by atoms with E-state index in [1.807, 2.05) is 30.3 Å². The van der Waals surface area contributed by atoms with Crippen molar-refractivity contribution in [1.82, 2.24) is 0 Å². The summed E-state index contributed by atoms with van der Waals surface area (Å²) in [6.45, 7) is 6.82. The number of anilines is 1. The van der Waals surface area contributed by atoms with Gasteiger partial charge >= 0.3 is 0 Å². The third-order valence-electron chi connectivity index (χ3n) is 4.62. The lowest BCUT2D eigenvalue weighted by Crippen LogP contribution is -2.30. The van der Waals surface area contributed by atoms with Gasteiger partial charge in [0.2, 0.25) is 5.91 Å². The second kappa shape index (κ2) is 9.54. The Morgan fingerprint density at radius 3 is 2.25 bits per heavy atom. The van der Waals surface area contributed by atoms with Crippen molar-refractivity contribution in [2.24, 2.45) is 11.7 Å². The number of hydrogen-bond acceptors (Lipinski definition) is 4. The summed E-state index contributed by atoms with van der Waals surface area (Å²) in [5.74, 6) is -0.712. The van der Waals surface area contributed by atoms with Crippen molar-refractivity contribution in [1.29, 1.82) is 0 Å². The third kappa shape index (κ3) is 6.06. The maximum atomic E-state index is 12.6. The molecule has 0 aliphatic rings. The van der Waals surface area contributed by atoms with Gasteiger partial charge in [0.15, 0.2) is 9.84 Å². The lowest BCUT2D eigenvalue weighted by molar-refractivity contribution is -0.120. The molecule has 2 rings (SSSR count). The molecule has 0 fully saturated rings. The van der Waals surface area contributed by atoms with E-state index in [2.05, 4.69) is 5.32 Å². The average Bonchev–Trinajstić information content (AvgIpc) is 2.60. The van der Waals surface area contributed by atoms with E-state index < -0.39 is 26.5 Å². The molecular weight excluding hydrogens is 396 g/mol. The molecule has 5 nitrogen and oxygen atoms in total. The van der Waals surface area contributed by atoms with Gasteiger partial charge in [0, 0.05) is 11.7 Å². The summed E-state index contributed by atoms with van der Waals surface area (Å²) in [6.07, 6.45) is 0. The highest BCUT2D eigenvalue weighted by Crippen LogP contribution is 2.24. The Morgan fingerprint density at radius 1 is 1.07 bits per heavy atom. The van der Waals surface area contributed by atoms with Crippen LogP contribution < -0.4 is 11.1 Å². The molecule has 0 spiro atoms. The molecule has 2 aromatic rings. The minimum atomic E-state index is -3.29. The van der Waals surface area contributed by atoms with Gasteiger partial charge in [-0.15, -0.1) is 12.4 Å². The molecule has 3 N–H and O–H groups in total. The first-order valence-electron chi connectivity index (χ1n) is 8.94. The molecule has 0 saturated carbocycles. The molecule has 0 radical (unpaired) electrons. The number of sulfone groups is 1. The van der Waals surface area contributed by atoms with Crippen LogP contribution in [0, 0.1) is 5.92 Å². The molecule has 2 unspecified atom stereocenters. The third-order valence-corrected chi connectivity index (χ3v) is 7.20. The van der Waals surface area contributed by atoms with Crippen LogP contribution in [-0.2, 0) is 20.4 Å². The van der Waals surface area contributed by atoms with E-state index in [-0.39, 0.29) is 24.1 Å². The molecular formula is C21H29ClN2O3S. The first-order valence-corrected chi connectivity index (χ1v) is 10.6. The summed E-state index contributed by atoms with van der Waals surface area (Å²) in [5.41, 5.74) is 8.31. The molecule has 0 bridgehead atoms. The van der Waals surface area contributed by atoms with E-state index in [0.29, 0.717) is 11.3 Å². The maximum absolute atomic E-state index is 12.6. The average molecular weight is 425 g/mol. The zero-order valence-corrected chi connectivity index (χ0v) is 18.3. The van der Waals surface area contributed by atoms with Crippen LogP contribution in [0.1, 0.15) is 44.9 Å². The molecule has 0 aromatic heterocycles. The Morgan fingerprint density at radius 2 is 1.68 bits per heavy atom. The summed E-state index contributed by atoms with van der Waals surface area (Å²) in [6, 6.07) is 16.0. The highest BCUT2D eigenvalue weighted by molar-refractivity contribution is 7.91. The van der Waals surface area contributed by atoms with Crippen molar-refractivity contribution < 1.29 is 13.2 Å². The predicted octanol–water partition coefficient (Wildman–Crippen LogP) is 4.10. The molecule has 0 aliphatic carbocycles. The van der Waals surface area contributed by atoms with Crippen LogP contribution in [0.4, 0.5) is 5.69 Å². The number of amides is 1. The minimum absolute atomic E-state index is 0. The number of halogens is 1. The summed E-state index contributed by atoms with van der Waals surface area (Å²) >= 11 is 0. The van der Waals surface area contributed by atoms with E-state index in [9.17, 15) is 13.2 Å². The Hall–Kier alpha value is -1.89. The fourth-order valence-electron chi connectivity index (χ4n) is 2.56. The molecule has 28 heavy (non-hydrogen) atoms. The van der Waals surface area contributed by atoms with Crippen LogP contribution in [-0.4, -0.2) is 19.1 Å². The van der Waals surface area contributed by atoms with Gasteiger partial charge in [0.1, 0.15) is 0 Å². The number of hydrogen-bond donors (Lipinski definition) is 2. The molecule has 154 valence electrons. The van der Waals surface area contributed by atoms with Crippen LogP contribution in [0.15, 0.2) is 54.6 Å². The van der Waals surface area contributed by atoms with Crippen LogP contribution in [0.2, 0.25) is 0 Å². The number of benzene rings is 2. The number of nitrogens with two attached hydrogens (primary N) is 1. The van der Waals surface area contributed by atoms with Gasteiger partial charge in [0.25, 0.3) is 0 Å². The van der Waals surface area contributed by atoms with Crippen molar-refractivity contribution >= 4 is 33.8 Å². The van der Waals surface area contributed by atoms with Crippen molar-refractivity contribution in [3.8, 4) is 0 Å². The smallest absolute Gasteiger partial charge is 0.229 e. The monoisotopic (exact) mass is 424 g/mol. The second-order valence-electron chi connectivity index (χ2n) is 7.79. The Bertz CT molecular complexity index is 893. The zero-order chi connectivity index (χ0) is 20.2. The highest BCUT2D eigenvalue weighted by atomic mass is 35.5. The van der Waals surface area contributed by atoms with Gasteiger partial charge in [-0.2, -0.15) is 0 Å². The first kappa shape index (κ1) is 24.1. The largest absolute Gasteiger partial charge is 0.326 e. The van der Waals surface area contributed by atoms with Gasteiger partial charge in [-0.3, -0.25) is 4.79 Å². The zero-order valence-electron chi connectivity index (χ0n) is 16.7. The van der Waals surface area contributed by atoms with Gasteiger partial charge in [-0.05, 0) is 44.0 Å². The standard InChI is InChI=1S/C21H28N2O3S.ClH/c1-15(19(22)17-10-6-5-7-11-17)20(24)23-18-12-8-9-16(13-18)14-27(25,26)21(2,3)4;/h5-13,15,19H,14,22H2,1-4H3,(H,23,24);1H. The number of carbonyl (C=O) groups excluding carboxylic acids is 1. The van der Waals surface area contributed by atoms with E-state index in [0.717, 1.165) is 5.56 Å². The fraction of sp³-hybridized carbons (Fsp3) is 0.381. The molecule has 0 aliphatic heterocycles. The molecule has 0 heterocycles. The van der Waals surface area contributed by atoms with Gasteiger partial charge in [-0.1, -0.05) is 49.4 Å². The van der Waals surface area contributed by atoms with Crippen molar-refractivity contribution in [2.45, 2.75) is 44.2 Å². The number of carbonyl (C=O) groups is 1.